The number of amides is 1. The molecule has 1 atom stereocenters. The Morgan fingerprint density at radius 1 is 1.73 bits per heavy atom. The van der Waals surface area contributed by atoms with Crippen LogP contribution in [0.25, 0.3) is 0 Å². The molecule has 0 aromatic heterocycles. The maximum atomic E-state index is 12.7. The Balaban J connectivity index is 2.51. The zero-order valence-corrected chi connectivity index (χ0v) is 5.94. The molecule has 0 aromatic rings. The molecule has 1 aliphatic rings. The Kier molecular flexibility index (Phi) is 2.08. The zero-order chi connectivity index (χ0) is 8.48. The van der Waals surface area contributed by atoms with Crippen molar-refractivity contribution in [3.05, 3.63) is 0 Å². The van der Waals surface area contributed by atoms with Crippen molar-refractivity contribution in [2.24, 2.45) is 11.7 Å². The van der Waals surface area contributed by atoms with E-state index < -0.39 is 17.7 Å². The van der Waals surface area contributed by atoms with Crippen molar-refractivity contribution in [2.45, 2.75) is 12.3 Å². The minimum Gasteiger partial charge on any atom is -0.370 e. The summed E-state index contributed by atoms with van der Waals surface area (Å²) < 4.78 is 25.4. The number of hydrogen-bond acceptors (Lipinski definition) is 2. The molecule has 0 spiro atoms. The van der Waals surface area contributed by atoms with Gasteiger partial charge in [-0.2, -0.15) is 0 Å². The van der Waals surface area contributed by atoms with Gasteiger partial charge in [0.1, 0.15) is 0 Å². The molecule has 11 heavy (non-hydrogen) atoms. The van der Waals surface area contributed by atoms with Gasteiger partial charge in [0.15, 0.2) is 0 Å². The average Bonchev–Trinajstić information content (AvgIpc) is 2.10. The molecule has 0 radical (unpaired) electrons. The molecule has 0 aliphatic carbocycles. The largest absolute Gasteiger partial charge is 0.370 e. The summed E-state index contributed by atoms with van der Waals surface area (Å²) in [6.45, 7) is -0.166. The maximum absolute atomic E-state index is 12.7. The first-order chi connectivity index (χ1) is 5.02. The SMILES string of the molecule is NC(=O)CC1CNCC1(F)F. The molecule has 1 unspecified atom stereocenters. The predicted octanol–water partition coefficient (Wildman–Crippen LogP) is -0.284. The molecule has 64 valence electrons. The van der Waals surface area contributed by atoms with E-state index in [2.05, 4.69) is 5.32 Å². The standard InChI is InChI=1S/C6H10F2N2O/c7-6(8)3-10-2-4(6)1-5(9)11/h4,10H,1-3H2,(H2,9,11). The first-order valence-corrected chi connectivity index (χ1v) is 3.39. The molecule has 3 nitrogen and oxygen atoms in total. The number of nitrogens with two attached hydrogens (primary N) is 1. The molecular weight excluding hydrogens is 154 g/mol. The molecule has 1 heterocycles. The highest BCUT2D eigenvalue weighted by molar-refractivity contribution is 5.74. The third kappa shape index (κ3) is 1.86. The Morgan fingerprint density at radius 3 is 2.73 bits per heavy atom. The van der Waals surface area contributed by atoms with Crippen LogP contribution in [0.1, 0.15) is 6.42 Å². The van der Waals surface area contributed by atoms with Gasteiger partial charge in [-0.25, -0.2) is 8.78 Å². The highest BCUT2D eigenvalue weighted by Gasteiger charge is 2.44. The van der Waals surface area contributed by atoms with E-state index >= 15 is 0 Å². The molecule has 3 N–H and O–H groups in total. The lowest BCUT2D eigenvalue weighted by Gasteiger charge is -2.15. The fourth-order valence-electron chi connectivity index (χ4n) is 1.17. The third-order valence-electron chi connectivity index (χ3n) is 1.80. The molecule has 1 amide bonds. The Morgan fingerprint density at radius 2 is 2.36 bits per heavy atom. The third-order valence-corrected chi connectivity index (χ3v) is 1.80. The van der Waals surface area contributed by atoms with Gasteiger partial charge in [-0.3, -0.25) is 4.79 Å². The van der Waals surface area contributed by atoms with Gasteiger partial charge in [0.25, 0.3) is 5.92 Å². The summed E-state index contributed by atoms with van der Waals surface area (Å²) in [6, 6.07) is 0. The predicted molar refractivity (Wildman–Crippen MR) is 35.1 cm³/mol. The van der Waals surface area contributed by atoms with Crippen LogP contribution in [-0.2, 0) is 4.79 Å². The van der Waals surface area contributed by atoms with Crippen LogP contribution in [0, 0.1) is 5.92 Å². The van der Waals surface area contributed by atoms with Crippen molar-refractivity contribution in [1.82, 2.24) is 5.32 Å². The summed E-state index contributed by atoms with van der Waals surface area (Å²) >= 11 is 0. The van der Waals surface area contributed by atoms with Crippen LogP contribution < -0.4 is 11.1 Å². The number of halogens is 2. The minimum atomic E-state index is -2.77. The van der Waals surface area contributed by atoms with Crippen LogP contribution >= 0.6 is 0 Å². The number of hydrogen-bond donors (Lipinski definition) is 2. The van der Waals surface area contributed by atoms with Crippen LogP contribution in [0.15, 0.2) is 0 Å². The van der Waals surface area contributed by atoms with Crippen molar-refractivity contribution >= 4 is 5.91 Å². The van der Waals surface area contributed by atoms with Crippen molar-refractivity contribution < 1.29 is 13.6 Å². The van der Waals surface area contributed by atoms with Gasteiger partial charge in [-0.1, -0.05) is 0 Å². The molecule has 0 aromatic carbocycles. The molecule has 0 bridgehead atoms. The van der Waals surface area contributed by atoms with Crippen LogP contribution in [0.5, 0.6) is 0 Å². The van der Waals surface area contributed by atoms with Gasteiger partial charge in [0.2, 0.25) is 5.91 Å². The highest BCUT2D eigenvalue weighted by Crippen LogP contribution is 2.29. The molecule has 5 heteroatoms. The lowest BCUT2D eigenvalue weighted by molar-refractivity contribution is -0.121. The highest BCUT2D eigenvalue weighted by atomic mass is 19.3. The minimum absolute atomic E-state index is 0.177. The Hall–Kier alpha value is -0.710. The van der Waals surface area contributed by atoms with E-state index in [1.807, 2.05) is 0 Å². The van der Waals surface area contributed by atoms with Crippen molar-refractivity contribution in [2.75, 3.05) is 13.1 Å². The number of rotatable bonds is 2. The van der Waals surface area contributed by atoms with Crippen LogP contribution in [0.3, 0.4) is 0 Å². The summed E-state index contributed by atoms with van der Waals surface area (Å²) in [6.07, 6.45) is -0.236. The quantitative estimate of drug-likeness (QED) is 0.589. The average molecular weight is 164 g/mol. The number of nitrogens with one attached hydrogen (secondary N) is 1. The van der Waals surface area contributed by atoms with E-state index in [9.17, 15) is 13.6 Å². The number of primary amides is 1. The van der Waals surface area contributed by atoms with E-state index in [1.165, 1.54) is 0 Å². The lowest BCUT2D eigenvalue weighted by atomic mass is 10.0. The molecule has 1 saturated heterocycles. The van der Waals surface area contributed by atoms with E-state index in [1.54, 1.807) is 0 Å². The second kappa shape index (κ2) is 2.73. The molecular formula is C6H10F2N2O. The van der Waals surface area contributed by atoms with Crippen LogP contribution in [0.4, 0.5) is 8.78 Å². The normalized spacial score (nSPS) is 28.7. The number of carbonyl (C=O) groups is 1. The fourth-order valence-corrected chi connectivity index (χ4v) is 1.17. The molecule has 1 aliphatic heterocycles. The Labute approximate surface area is 62.9 Å². The monoisotopic (exact) mass is 164 g/mol. The molecule has 0 saturated carbocycles. The van der Waals surface area contributed by atoms with E-state index in [0.717, 1.165) is 0 Å². The van der Waals surface area contributed by atoms with E-state index in [-0.39, 0.29) is 19.5 Å². The van der Waals surface area contributed by atoms with E-state index in [4.69, 9.17) is 5.73 Å². The van der Waals surface area contributed by atoms with Crippen molar-refractivity contribution in [3.63, 3.8) is 0 Å². The van der Waals surface area contributed by atoms with Gasteiger partial charge in [0.05, 0.1) is 6.54 Å². The Bertz CT molecular complexity index is 172. The van der Waals surface area contributed by atoms with Gasteiger partial charge in [-0.15, -0.1) is 0 Å². The molecule has 1 rings (SSSR count). The van der Waals surface area contributed by atoms with Gasteiger partial charge >= 0.3 is 0 Å². The van der Waals surface area contributed by atoms with Crippen molar-refractivity contribution in [1.29, 1.82) is 0 Å². The number of alkyl halides is 2. The smallest absolute Gasteiger partial charge is 0.264 e. The van der Waals surface area contributed by atoms with Gasteiger partial charge in [0, 0.05) is 18.9 Å². The molecule has 1 fully saturated rings. The van der Waals surface area contributed by atoms with Gasteiger partial charge in [-0.05, 0) is 0 Å². The summed E-state index contributed by atoms with van der Waals surface area (Å²) in [4.78, 5) is 10.3. The second-order valence-corrected chi connectivity index (χ2v) is 2.76. The zero-order valence-electron chi connectivity index (χ0n) is 5.94. The lowest BCUT2D eigenvalue weighted by Crippen LogP contribution is -2.30. The van der Waals surface area contributed by atoms with E-state index in [0.29, 0.717) is 0 Å². The second-order valence-electron chi connectivity index (χ2n) is 2.76. The van der Waals surface area contributed by atoms with Crippen LogP contribution in [-0.4, -0.2) is 24.9 Å². The van der Waals surface area contributed by atoms with Gasteiger partial charge < -0.3 is 11.1 Å². The summed E-state index contributed by atoms with van der Waals surface area (Å²) in [5.41, 5.74) is 4.79. The topological polar surface area (TPSA) is 55.1 Å². The first kappa shape index (κ1) is 8.39. The summed E-state index contributed by atoms with van der Waals surface area (Å²) in [7, 11) is 0. The summed E-state index contributed by atoms with van der Waals surface area (Å²) in [5, 5.41) is 2.51. The van der Waals surface area contributed by atoms with Crippen molar-refractivity contribution in [3.8, 4) is 0 Å². The number of carbonyl (C=O) groups excluding carboxylic acids is 1. The van der Waals surface area contributed by atoms with Crippen LogP contribution in [0.2, 0.25) is 0 Å². The summed E-state index contributed by atoms with van der Waals surface area (Å²) in [5.74, 6) is -4.35. The fraction of sp³-hybridized carbons (Fsp3) is 0.833. The first-order valence-electron chi connectivity index (χ1n) is 3.39. The maximum Gasteiger partial charge on any atom is 0.264 e.